The number of rotatable bonds is 4. The number of esters is 1. The first-order chi connectivity index (χ1) is 10.6. The molecule has 3 aromatic rings. The van der Waals surface area contributed by atoms with Crippen molar-refractivity contribution in [1.29, 1.82) is 0 Å². The summed E-state index contributed by atoms with van der Waals surface area (Å²) in [6.07, 6.45) is 0. The number of benzene rings is 1. The van der Waals surface area contributed by atoms with Crippen molar-refractivity contribution in [2.75, 3.05) is 0 Å². The molecule has 2 aromatic heterocycles. The van der Waals surface area contributed by atoms with E-state index in [0.29, 0.717) is 23.1 Å². The zero-order chi connectivity index (χ0) is 15.5. The minimum absolute atomic E-state index is 0.0652. The van der Waals surface area contributed by atoms with Crippen LogP contribution in [0.4, 0.5) is 0 Å². The Morgan fingerprint density at radius 3 is 2.32 bits per heavy atom. The number of hydrogen-bond acceptors (Lipinski definition) is 8. The van der Waals surface area contributed by atoms with Gasteiger partial charge >= 0.3 is 5.97 Å². The molecule has 0 unspecified atom stereocenters. The molecule has 0 amide bonds. The molecule has 0 aliphatic carbocycles. The molecule has 0 atom stereocenters. The highest BCUT2D eigenvalue weighted by Gasteiger charge is 2.12. The van der Waals surface area contributed by atoms with E-state index in [2.05, 4.69) is 20.3 Å². The van der Waals surface area contributed by atoms with E-state index in [4.69, 9.17) is 13.8 Å². The lowest BCUT2D eigenvalue weighted by atomic mass is 10.1. The van der Waals surface area contributed by atoms with Gasteiger partial charge in [0.05, 0.1) is 5.56 Å². The van der Waals surface area contributed by atoms with Crippen LogP contribution in [0.3, 0.4) is 0 Å². The Morgan fingerprint density at radius 2 is 1.73 bits per heavy atom. The predicted octanol–water partition coefficient (Wildman–Crippen LogP) is 2.09. The standard InChI is InChI=1S/C14H12N4O4/c1-8-15-12(21-17-8)7-20-14(19)11-5-3-10(4-6-11)13-16-9(2)18-22-13/h3-6H,7H2,1-2H3. The van der Waals surface area contributed by atoms with Crippen molar-refractivity contribution >= 4 is 5.97 Å². The average molecular weight is 300 g/mol. The van der Waals surface area contributed by atoms with Crippen molar-refractivity contribution in [1.82, 2.24) is 20.3 Å². The minimum Gasteiger partial charge on any atom is -0.452 e. The Balaban J connectivity index is 1.65. The second-order valence-corrected chi connectivity index (χ2v) is 4.54. The quantitative estimate of drug-likeness (QED) is 0.674. The lowest BCUT2D eigenvalue weighted by molar-refractivity contribution is 0.0430. The molecule has 0 aliphatic heterocycles. The monoisotopic (exact) mass is 300 g/mol. The number of carbonyl (C=O) groups excluding carboxylic acids is 1. The molecule has 112 valence electrons. The SMILES string of the molecule is Cc1noc(COC(=O)c2ccc(-c3nc(C)no3)cc2)n1. The van der Waals surface area contributed by atoms with Crippen LogP contribution in [-0.2, 0) is 11.3 Å². The predicted molar refractivity (Wildman–Crippen MR) is 72.6 cm³/mol. The van der Waals surface area contributed by atoms with E-state index in [9.17, 15) is 4.79 Å². The summed E-state index contributed by atoms with van der Waals surface area (Å²) in [4.78, 5) is 20.0. The number of aryl methyl sites for hydroxylation is 2. The number of nitrogens with zero attached hydrogens (tertiary/aromatic N) is 4. The van der Waals surface area contributed by atoms with E-state index >= 15 is 0 Å². The molecule has 8 nitrogen and oxygen atoms in total. The molecular formula is C14H12N4O4. The van der Waals surface area contributed by atoms with E-state index < -0.39 is 5.97 Å². The third kappa shape index (κ3) is 3.00. The Morgan fingerprint density at radius 1 is 1.05 bits per heavy atom. The highest BCUT2D eigenvalue weighted by molar-refractivity contribution is 5.89. The van der Waals surface area contributed by atoms with Crippen molar-refractivity contribution in [3.05, 3.63) is 47.4 Å². The number of ether oxygens (including phenoxy) is 1. The maximum Gasteiger partial charge on any atom is 0.338 e. The van der Waals surface area contributed by atoms with Crippen LogP contribution in [0.15, 0.2) is 33.3 Å². The van der Waals surface area contributed by atoms with Crippen LogP contribution >= 0.6 is 0 Å². The zero-order valence-corrected chi connectivity index (χ0v) is 11.9. The highest BCUT2D eigenvalue weighted by atomic mass is 16.6. The van der Waals surface area contributed by atoms with Crippen LogP contribution in [0.25, 0.3) is 11.5 Å². The van der Waals surface area contributed by atoms with E-state index in [-0.39, 0.29) is 12.5 Å². The smallest absolute Gasteiger partial charge is 0.338 e. The van der Waals surface area contributed by atoms with Gasteiger partial charge in [0.2, 0.25) is 0 Å². The third-order valence-corrected chi connectivity index (χ3v) is 2.79. The topological polar surface area (TPSA) is 104 Å². The summed E-state index contributed by atoms with van der Waals surface area (Å²) in [5.74, 6) is 1.21. The van der Waals surface area contributed by atoms with Crippen molar-refractivity contribution in [3.8, 4) is 11.5 Å². The maximum atomic E-state index is 11.9. The Bertz CT molecular complexity index is 791. The molecule has 0 bridgehead atoms. The van der Waals surface area contributed by atoms with Crippen LogP contribution in [0.2, 0.25) is 0 Å². The van der Waals surface area contributed by atoms with Crippen LogP contribution in [0.1, 0.15) is 27.9 Å². The molecule has 0 spiro atoms. The summed E-state index contributed by atoms with van der Waals surface area (Å²) in [7, 11) is 0. The summed E-state index contributed by atoms with van der Waals surface area (Å²) in [5, 5.41) is 7.33. The van der Waals surface area contributed by atoms with Crippen LogP contribution < -0.4 is 0 Å². The second kappa shape index (κ2) is 5.76. The van der Waals surface area contributed by atoms with Gasteiger partial charge in [-0.05, 0) is 38.1 Å². The van der Waals surface area contributed by atoms with Crippen molar-refractivity contribution in [2.24, 2.45) is 0 Å². The minimum atomic E-state index is -0.482. The largest absolute Gasteiger partial charge is 0.452 e. The summed E-state index contributed by atoms with van der Waals surface area (Å²) in [5.41, 5.74) is 1.13. The molecule has 0 saturated carbocycles. The molecule has 1 aromatic carbocycles. The van der Waals surface area contributed by atoms with Crippen LogP contribution in [-0.4, -0.2) is 26.3 Å². The molecule has 0 N–H and O–H groups in total. The first-order valence-corrected chi connectivity index (χ1v) is 6.49. The van der Waals surface area contributed by atoms with Crippen molar-refractivity contribution in [2.45, 2.75) is 20.5 Å². The molecular weight excluding hydrogens is 288 g/mol. The van der Waals surface area contributed by atoms with Gasteiger partial charge in [-0.3, -0.25) is 0 Å². The van der Waals surface area contributed by atoms with E-state index in [1.807, 2.05) is 0 Å². The van der Waals surface area contributed by atoms with Gasteiger partial charge in [-0.25, -0.2) is 4.79 Å². The number of carbonyl (C=O) groups is 1. The van der Waals surface area contributed by atoms with Crippen LogP contribution in [0.5, 0.6) is 0 Å². The Labute approximate surface area is 125 Å². The maximum absolute atomic E-state index is 11.9. The molecule has 22 heavy (non-hydrogen) atoms. The Kier molecular flexibility index (Phi) is 3.65. The van der Waals surface area contributed by atoms with Gasteiger partial charge in [0.15, 0.2) is 18.3 Å². The van der Waals surface area contributed by atoms with Crippen LogP contribution in [0, 0.1) is 13.8 Å². The first-order valence-electron chi connectivity index (χ1n) is 6.49. The fraction of sp³-hybridized carbons (Fsp3) is 0.214. The number of hydrogen-bond donors (Lipinski definition) is 0. The molecule has 0 saturated heterocycles. The van der Waals surface area contributed by atoms with Gasteiger partial charge in [-0.1, -0.05) is 10.3 Å². The second-order valence-electron chi connectivity index (χ2n) is 4.54. The third-order valence-electron chi connectivity index (χ3n) is 2.79. The molecule has 0 aliphatic rings. The van der Waals surface area contributed by atoms with Gasteiger partial charge in [-0.15, -0.1) is 0 Å². The summed E-state index contributed by atoms with van der Waals surface area (Å²) in [6, 6.07) is 6.66. The lowest BCUT2D eigenvalue weighted by Crippen LogP contribution is -2.05. The lowest BCUT2D eigenvalue weighted by Gasteiger charge is -2.02. The highest BCUT2D eigenvalue weighted by Crippen LogP contribution is 2.18. The fourth-order valence-corrected chi connectivity index (χ4v) is 1.77. The Hall–Kier alpha value is -3.03. The normalized spacial score (nSPS) is 10.6. The zero-order valence-electron chi connectivity index (χ0n) is 11.9. The van der Waals surface area contributed by atoms with Gasteiger partial charge in [0, 0.05) is 5.56 Å². The first kappa shape index (κ1) is 13.9. The van der Waals surface area contributed by atoms with E-state index in [0.717, 1.165) is 5.56 Å². The number of aromatic nitrogens is 4. The molecule has 2 heterocycles. The van der Waals surface area contributed by atoms with Crippen molar-refractivity contribution < 1.29 is 18.6 Å². The summed E-state index contributed by atoms with van der Waals surface area (Å²) in [6.45, 7) is 3.36. The molecule has 3 rings (SSSR count). The summed E-state index contributed by atoms with van der Waals surface area (Å²) >= 11 is 0. The van der Waals surface area contributed by atoms with Gasteiger partial charge in [-0.2, -0.15) is 9.97 Å². The van der Waals surface area contributed by atoms with E-state index in [1.54, 1.807) is 38.1 Å². The molecule has 0 fully saturated rings. The van der Waals surface area contributed by atoms with Crippen molar-refractivity contribution in [3.63, 3.8) is 0 Å². The van der Waals surface area contributed by atoms with Gasteiger partial charge in [0.1, 0.15) is 0 Å². The van der Waals surface area contributed by atoms with E-state index in [1.165, 1.54) is 0 Å². The molecule has 8 heteroatoms. The molecule has 0 radical (unpaired) electrons. The van der Waals surface area contributed by atoms with Gasteiger partial charge in [0.25, 0.3) is 11.8 Å². The fourth-order valence-electron chi connectivity index (χ4n) is 1.77. The van der Waals surface area contributed by atoms with Gasteiger partial charge < -0.3 is 13.8 Å². The summed E-state index contributed by atoms with van der Waals surface area (Å²) < 4.78 is 15.0. The average Bonchev–Trinajstić information content (AvgIpc) is 3.13.